The SMILES string of the molecule is CC(C)c1cnc(-c2ccc(Cl)cc2)s1. The number of nitrogens with zero attached hydrogens (tertiary/aromatic N) is 1. The lowest BCUT2D eigenvalue weighted by Gasteiger charge is -1.97. The maximum atomic E-state index is 5.84. The minimum Gasteiger partial charge on any atom is -0.244 e. The third-order valence-corrected chi connectivity index (χ3v) is 3.78. The number of benzene rings is 1. The second kappa shape index (κ2) is 4.33. The minimum absolute atomic E-state index is 0.545. The molecule has 0 amide bonds. The average molecular weight is 238 g/mol. The van der Waals surface area contributed by atoms with Crippen LogP contribution in [0.4, 0.5) is 0 Å². The zero-order valence-electron chi connectivity index (χ0n) is 8.70. The maximum absolute atomic E-state index is 5.84. The highest BCUT2D eigenvalue weighted by Crippen LogP contribution is 2.29. The Kier molecular flexibility index (Phi) is 3.08. The van der Waals surface area contributed by atoms with E-state index in [-0.39, 0.29) is 0 Å². The Hall–Kier alpha value is -0.860. The van der Waals surface area contributed by atoms with E-state index < -0.39 is 0 Å². The van der Waals surface area contributed by atoms with E-state index in [0.717, 1.165) is 15.6 Å². The normalized spacial score (nSPS) is 10.9. The van der Waals surface area contributed by atoms with Crippen LogP contribution in [0.5, 0.6) is 0 Å². The number of hydrogen-bond donors (Lipinski definition) is 0. The second-order valence-corrected chi connectivity index (χ2v) is 5.23. The Balaban J connectivity index is 2.33. The first-order chi connectivity index (χ1) is 7.16. The molecular weight excluding hydrogens is 226 g/mol. The van der Waals surface area contributed by atoms with Gasteiger partial charge in [0, 0.05) is 21.7 Å². The fourth-order valence-electron chi connectivity index (χ4n) is 1.28. The molecule has 1 nitrogen and oxygen atoms in total. The predicted molar refractivity (Wildman–Crippen MR) is 66.6 cm³/mol. The van der Waals surface area contributed by atoms with E-state index in [4.69, 9.17) is 11.6 Å². The largest absolute Gasteiger partial charge is 0.244 e. The smallest absolute Gasteiger partial charge is 0.123 e. The summed E-state index contributed by atoms with van der Waals surface area (Å²) < 4.78 is 0. The van der Waals surface area contributed by atoms with Crippen LogP contribution in [0.25, 0.3) is 10.6 Å². The first-order valence-electron chi connectivity index (χ1n) is 4.88. The van der Waals surface area contributed by atoms with E-state index in [9.17, 15) is 0 Å². The Labute approximate surface area is 98.7 Å². The fourth-order valence-corrected chi connectivity index (χ4v) is 2.33. The summed E-state index contributed by atoms with van der Waals surface area (Å²) in [6, 6.07) is 7.80. The quantitative estimate of drug-likeness (QED) is 0.745. The van der Waals surface area contributed by atoms with Gasteiger partial charge >= 0.3 is 0 Å². The molecule has 0 bridgehead atoms. The Bertz CT molecular complexity index is 445. The van der Waals surface area contributed by atoms with Gasteiger partial charge in [-0.15, -0.1) is 11.3 Å². The van der Waals surface area contributed by atoms with Crippen molar-refractivity contribution in [3.63, 3.8) is 0 Å². The third kappa shape index (κ3) is 2.39. The highest BCUT2D eigenvalue weighted by Gasteiger charge is 2.06. The van der Waals surface area contributed by atoms with Crippen molar-refractivity contribution in [2.45, 2.75) is 19.8 Å². The van der Waals surface area contributed by atoms with Crippen LogP contribution in [0.1, 0.15) is 24.6 Å². The van der Waals surface area contributed by atoms with Gasteiger partial charge in [-0.25, -0.2) is 4.98 Å². The Morgan fingerprint density at radius 1 is 1.20 bits per heavy atom. The summed E-state index contributed by atoms with van der Waals surface area (Å²) in [5.74, 6) is 0.545. The average Bonchev–Trinajstić information content (AvgIpc) is 2.68. The second-order valence-electron chi connectivity index (χ2n) is 3.73. The molecule has 0 aliphatic carbocycles. The van der Waals surface area contributed by atoms with E-state index in [1.54, 1.807) is 11.3 Å². The van der Waals surface area contributed by atoms with Gasteiger partial charge in [0.05, 0.1) is 0 Å². The van der Waals surface area contributed by atoms with Crippen molar-refractivity contribution in [2.75, 3.05) is 0 Å². The van der Waals surface area contributed by atoms with Crippen LogP contribution in [0, 0.1) is 0 Å². The molecule has 0 saturated carbocycles. The summed E-state index contributed by atoms with van der Waals surface area (Å²) in [4.78, 5) is 5.73. The molecule has 0 radical (unpaired) electrons. The van der Waals surface area contributed by atoms with Gasteiger partial charge in [0.25, 0.3) is 0 Å². The van der Waals surface area contributed by atoms with Crippen molar-refractivity contribution in [1.82, 2.24) is 4.98 Å². The van der Waals surface area contributed by atoms with Crippen molar-refractivity contribution in [3.05, 3.63) is 40.4 Å². The molecular formula is C12H12ClNS. The van der Waals surface area contributed by atoms with Crippen LogP contribution >= 0.6 is 22.9 Å². The van der Waals surface area contributed by atoms with E-state index in [1.165, 1.54) is 4.88 Å². The lowest BCUT2D eigenvalue weighted by molar-refractivity contribution is 0.885. The van der Waals surface area contributed by atoms with Crippen LogP contribution in [0.2, 0.25) is 5.02 Å². The summed E-state index contributed by atoms with van der Waals surface area (Å²) in [5.41, 5.74) is 1.14. The number of rotatable bonds is 2. The van der Waals surface area contributed by atoms with Gasteiger partial charge in [-0.3, -0.25) is 0 Å². The van der Waals surface area contributed by atoms with Gasteiger partial charge in [0.15, 0.2) is 0 Å². The highest BCUT2D eigenvalue weighted by atomic mass is 35.5. The molecule has 0 spiro atoms. The molecule has 0 fully saturated rings. The monoisotopic (exact) mass is 237 g/mol. The number of aromatic nitrogens is 1. The third-order valence-electron chi connectivity index (χ3n) is 2.18. The number of thiazole rings is 1. The summed E-state index contributed by atoms with van der Waals surface area (Å²) in [5, 5.41) is 1.83. The molecule has 1 aromatic heterocycles. The zero-order chi connectivity index (χ0) is 10.8. The van der Waals surface area contributed by atoms with E-state index in [1.807, 2.05) is 30.5 Å². The molecule has 1 heterocycles. The van der Waals surface area contributed by atoms with Gasteiger partial charge in [0.2, 0.25) is 0 Å². The molecule has 0 saturated heterocycles. The lowest BCUT2D eigenvalue weighted by atomic mass is 10.2. The number of hydrogen-bond acceptors (Lipinski definition) is 2. The first kappa shape index (κ1) is 10.7. The molecule has 3 heteroatoms. The molecule has 0 unspecified atom stereocenters. The van der Waals surface area contributed by atoms with Crippen molar-refractivity contribution in [2.24, 2.45) is 0 Å². The van der Waals surface area contributed by atoms with Gasteiger partial charge in [0.1, 0.15) is 5.01 Å². The van der Waals surface area contributed by atoms with Gasteiger partial charge in [-0.2, -0.15) is 0 Å². The van der Waals surface area contributed by atoms with E-state index in [0.29, 0.717) is 5.92 Å². The molecule has 1 aromatic carbocycles. The predicted octanol–water partition coefficient (Wildman–Crippen LogP) is 4.59. The lowest BCUT2D eigenvalue weighted by Crippen LogP contribution is -1.77. The molecule has 0 aliphatic heterocycles. The highest BCUT2D eigenvalue weighted by molar-refractivity contribution is 7.15. The Morgan fingerprint density at radius 3 is 2.40 bits per heavy atom. The Morgan fingerprint density at radius 2 is 1.87 bits per heavy atom. The molecule has 15 heavy (non-hydrogen) atoms. The van der Waals surface area contributed by atoms with Crippen molar-refractivity contribution in [3.8, 4) is 10.6 Å². The van der Waals surface area contributed by atoms with Gasteiger partial charge in [-0.05, 0) is 18.1 Å². The van der Waals surface area contributed by atoms with Crippen molar-refractivity contribution < 1.29 is 0 Å². The van der Waals surface area contributed by atoms with Crippen molar-refractivity contribution in [1.29, 1.82) is 0 Å². The van der Waals surface area contributed by atoms with Gasteiger partial charge in [-0.1, -0.05) is 37.6 Å². The summed E-state index contributed by atoms with van der Waals surface area (Å²) in [7, 11) is 0. The number of halogens is 1. The molecule has 0 N–H and O–H groups in total. The van der Waals surface area contributed by atoms with Crippen LogP contribution in [0.15, 0.2) is 30.5 Å². The van der Waals surface area contributed by atoms with Crippen LogP contribution in [0.3, 0.4) is 0 Å². The molecule has 78 valence electrons. The van der Waals surface area contributed by atoms with Crippen LogP contribution in [-0.4, -0.2) is 4.98 Å². The van der Waals surface area contributed by atoms with E-state index in [2.05, 4.69) is 18.8 Å². The van der Waals surface area contributed by atoms with Crippen molar-refractivity contribution >= 4 is 22.9 Å². The maximum Gasteiger partial charge on any atom is 0.123 e. The standard InChI is InChI=1S/C12H12ClNS/c1-8(2)11-7-14-12(15-11)9-3-5-10(13)6-4-9/h3-8H,1-2H3. The molecule has 2 aromatic rings. The topological polar surface area (TPSA) is 12.9 Å². The fraction of sp³-hybridized carbons (Fsp3) is 0.250. The summed E-state index contributed by atoms with van der Waals surface area (Å²) >= 11 is 7.58. The zero-order valence-corrected chi connectivity index (χ0v) is 10.3. The molecule has 2 rings (SSSR count). The summed E-state index contributed by atoms with van der Waals surface area (Å²) in [6.07, 6.45) is 1.96. The van der Waals surface area contributed by atoms with E-state index >= 15 is 0 Å². The van der Waals surface area contributed by atoms with Crippen LogP contribution < -0.4 is 0 Å². The minimum atomic E-state index is 0.545. The first-order valence-corrected chi connectivity index (χ1v) is 6.08. The van der Waals surface area contributed by atoms with Gasteiger partial charge < -0.3 is 0 Å². The molecule has 0 atom stereocenters. The van der Waals surface area contributed by atoms with Crippen LogP contribution in [-0.2, 0) is 0 Å². The molecule has 0 aliphatic rings. The summed E-state index contributed by atoms with van der Waals surface area (Å²) in [6.45, 7) is 4.36.